The van der Waals surface area contributed by atoms with E-state index < -0.39 is 12.0 Å². The van der Waals surface area contributed by atoms with Gasteiger partial charge in [0.25, 0.3) is 0 Å². The van der Waals surface area contributed by atoms with Crippen molar-refractivity contribution in [1.29, 1.82) is 0 Å². The quantitative estimate of drug-likeness (QED) is 0.764. The number of hydrogen-bond donors (Lipinski definition) is 2. The molecule has 1 aliphatic carbocycles. The number of carboxylic acids is 1. The summed E-state index contributed by atoms with van der Waals surface area (Å²) in [6.45, 7) is 1.41. The molecule has 1 heterocycles. The lowest BCUT2D eigenvalue weighted by Crippen LogP contribution is -2.29. The van der Waals surface area contributed by atoms with Crippen molar-refractivity contribution in [2.45, 2.75) is 24.9 Å². The molecular formula is C11H17N3O3S. The van der Waals surface area contributed by atoms with Crippen molar-refractivity contribution in [1.82, 2.24) is 4.98 Å². The first-order valence-electron chi connectivity index (χ1n) is 5.83. The van der Waals surface area contributed by atoms with E-state index in [4.69, 9.17) is 15.6 Å². The first-order valence-corrected chi connectivity index (χ1v) is 6.71. The molecule has 3 N–H and O–H groups in total. The third-order valence-corrected chi connectivity index (χ3v) is 3.76. The normalized spacial score (nSPS) is 16.6. The summed E-state index contributed by atoms with van der Waals surface area (Å²) in [7, 11) is 1.67. The number of nitrogens with zero attached hydrogens (tertiary/aromatic N) is 2. The molecule has 18 heavy (non-hydrogen) atoms. The molecule has 1 fully saturated rings. The lowest BCUT2D eigenvalue weighted by atomic mass is 10.2. The van der Waals surface area contributed by atoms with Gasteiger partial charge in [-0.2, -0.15) is 0 Å². The number of carbonyl (C=O) groups is 1. The molecule has 0 amide bonds. The van der Waals surface area contributed by atoms with Crippen LogP contribution in [-0.2, 0) is 9.53 Å². The fourth-order valence-corrected chi connectivity index (χ4v) is 2.65. The van der Waals surface area contributed by atoms with Gasteiger partial charge in [0.1, 0.15) is 6.04 Å². The van der Waals surface area contributed by atoms with Gasteiger partial charge < -0.3 is 20.5 Å². The highest BCUT2D eigenvalue weighted by Gasteiger charge is 2.31. The maximum Gasteiger partial charge on any atom is 0.326 e. The highest BCUT2D eigenvalue weighted by atomic mass is 32.1. The molecule has 0 spiro atoms. The van der Waals surface area contributed by atoms with Crippen molar-refractivity contribution >= 4 is 22.4 Å². The Kier molecular flexibility index (Phi) is 4.15. The number of nitrogens with two attached hydrogens (primary N) is 1. The predicted octanol–water partition coefficient (Wildman–Crippen LogP) is 0.843. The summed E-state index contributed by atoms with van der Waals surface area (Å²) >= 11 is 1.44. The van der Waals surface area contributed by atoms with Crippen LogP contribution in [-0.4, -0.2) is 42.4 Å². The average Bonchev–Trinajstić information content (AvgIpc) is 3.06. The van der Waals surface area contributed by atoms with Crippen LogP contribution in [0.3, 0.4) is 0 Å². The largest absolute Gasteiger partial charge is 0.480 e. The van der Waals surface area contributed by atoms with Gasteiger partial charge in [-0.3, -0.25) is 4.79 Å². The molecule has 1 unspecified atom stereocenters. The number of carboxylic acid groups (broad SMARTS) is 1. The van der Waals surface area contributed by atoms with E-state index in [1.807, 2.05) is 0 Å². The van der Waals surface area contributed by atoms with Gasteiger partial charge in [0.15, 0.2) is 5.13 Å². The molecule has 7 heteroatoms. The summed E-state index contributed by atoms with van der Waals surface area (Å²) in [4.78, 5) is 17.3. The van der Waals surface area contributed by atoms with Crippen molar-refractivity contribution in [2.24, 2.45) is 5.73 Å². The van der Waals surface area contributed by atoms with E-state index in [1.54, 1.807) is 12.5 Å². The second-order valence-electron chi connectivity index (χ2n) is 4.29. The van der Waals surface area contributed by atoms with Crippen molar-refractivity contribution in [3.05, 3.63) is 11.1 Å². The first-order chi connectivity index (χ1) is 8.63. The van der Waals surface area contributed by atoms with Crippen LogP contribution in [0.4, 0.5) is 5.13 Å². The number of anilines is 1. The Balaban J connectivity index is 2.08. The molecule has 1 aliphatic rings. The number of aliphatic carboxylic acids is 1. The third kappa shape index (κ3) is 2.98. The van der Waals surface area contributed by atoms with E-state index >= 15 is 0 Å². The number of aromatic nitrogens is 1. The minimum atomic E-state index is -1.05. The molecule has 1 aromatic rings. The topological polar surface area (TPSA) is 88.7 Å². The number of ether oxygens (including phenoxy) is 1. The van der Waals surface area contributed by atoms with Crippen molar-refractivity contribution < 1.29 is 14.6 Å². The van der Waals surface area contributed by atoms with Crippen LogP contribution in [0.15, 0.2) is 5.38 Å². The second kappa shape index (κ2) is 5.64. The standard InChI is InChI=1S/C11H17N3O3S/c1-17-5-4-14(7-2-3-7)11-13-8(6-18-11)9(12)10(15)16/h6-7,9H,2-5,12H2,1H3,(H,15,16). The average molecular weight is 271 g/mol. The van der Waals surface area contributed by atoms with E-state index in [0.717, 1.165) is 24.5 Å². The van der Waals surface area contributed by atoms with Gasteiger partial charge in [0.05, 0.1) is 12.3 Å². The van der Waals surface area contributed by atoms with E-state index in [0.29, 0.717) is 18.3 Å². The fraction of sp³-hybridized carbons (Fsp3) is 0.636. The minimum absolute atomic E-state index is 0.422. The highest BCUT2D eigenvalue weighted by Crippen LogP contribution is 2.33. The summed E-state index contributed by atoms with van der Waals surface area (Å²) in [6.07, 6.45) is 2.31. The Morgan fingerprint density at radius 2 is 2.50 bits per heavy atom. The van der Waals surface area contributed by atoms with Gasteiger partial charge in [-0.05, 0) is 12.8 Å². The molecule has 2 rings (SSSR count). The molecule has 0 saturated heterocycles. The maximum atomic E-state index is 10.8. The summed E-state index contributed by atoms with van der Waals surface area (Å²) in [5.41, 5.74) is 5.97. The Labute approximate surface area is 109 Å². The molecule has 0 aliphatic heterocycles. The monoisotopic (exact) mass is 271 g/mol. The molecule has 0 radical (unpaired) electrons. The highest BCUT2D eigenvalue weighted by molar-refractivity contribution is 7.13. The van der Waals surface area contributed by atoms with Crippen LogP contribution in [0.5, 0.6) is 0 Å². The number of rotatable bonds is 7. The van der Waals surface area contributed by atoms with E-state index in [2.05, 4.69) is 9.88 Å². The van der Waals surface area contributed by atoms with Gasteiger partial charge in [0, 0.05) is 25.1 Å². The molecule has 1 atom stereocenters. The second-order valence-corrected chi connectivity index (χ2v) is 5.12. The van der Waals surface area contributed by atoms with Gasteiger partial charge in [-0.15, -0.1) is 11.3 Å². The molecule has 1 aromatic heterocycles. The van der Waals surface area contributed by atoms with Gasteiger partial charge >= 0.3 is 5.97 Å². The summed E-state index contributed by atoms with van der Waals surface area (Å²) in [6, 6.07) is -0.529. The Morgan fingerprint density at radius 1 is 1.78 bits per heavy atom. The SMILES string of the molecule is COCCN(c1nc(C(N)C(=O)O)cs1)C1CC1. The molecule has 0 bridgehead atoms. The predicted molar refractivity (Wildman–Crippen MR) is 68.9 cm³/mol. The van der Waals surface area contributed by atoms with Gasteiger partial charge in [0.2, 0.25) is 0 Å². The smallest absolute Gasteiger partial charge is 0.326 e. The van der Waals surface area contributed by atoms with E-state index in [-0.39, 0.29) is 0 Å². The van der Waals surface area contributed by atoms with Gasteiger partial charge in [-0.1, -0.05) is 0 Å². The fourth-order valence-electron chi connectivity index (χ4n) is 1.69. The number of methoxy groups -OCH3 is 1. The third-order valence-electron chi connectivity index (χ3n) is 2.86. The zero-order valence-electron chi connectivity index (χ0n) is 10.2. The number of thiazole rings is 1. The summed E-state index contributed by atoms with van der Waals surface area (Å²) in [5, 5.41) is 11.4. The molecular weight excluding hydrogens is 254 g/mol. The Hall–Kier alpha value is -1.18. The molecule has 1 saturated carbocycles. The van der Waals surface area contributed by atoms with Crippen molar-refractivity contribution in [3.63, 3.8) is 0 Å². The Morgan fingerprint density at radius 3 is 3.06 bits per heavy atom. The maximum absolute atomic E-state index is 10.8. The molecule has 0 aromatic carbocycles. The van der Waals surface area contributed by atoms with Crippen molar-refractivity contribution in [2.75, 3.05) is 25.2 Å². The summed E-state index contributed by atoms with van der Waals surface area (Å²) < 4.78 is 5.08. The van der Waals surface area contributed by atoms with E-state index in [9.17, 15) is 4.79 Å². The Bertz CT molecular complexity index is 419. The zero-order valence-corrected chi connectivity index (χ0v) is 11.0. The van der Waals surface area contributed by atoms with Crippen LogP contribution in [0, 0.1) is 0 Å². The van der Waals surface area contributed by atoms with E-state index in [1.165, 1.54) is 11.3 Å². The van der Waals surface area contributed by atoms with Crippen LogP contribution in [0.1, 0.15) is 24.6 Å². The number of hydrogen-bond acceptors (Lipinski definition) is 6. The minimum Gasteiger partial charge on any atom is -0.480 e. The molecule has 6 nitrogen and oxygen atoms in total. The first kappa shape index (κ1) is 13.3. The van der Waals surface area contributed by atoms with Crippen LogP contribution >= 0.6 is 11.3 Å². The molecule has 100 valence electrons. The zero-order chi connectivity index (χ0) is 13.1. The van der Waals surface area contributed by atoms with Crippen molar-refractivity contribution in [3.8, 4) is 0 Å². The van der Waals surface area contributed by atoms with Crippen LogP contribution in [0.25, 0.3) is 0 Å². The lowest BCUT2D eigenvalue weighted by molar-refractivity contribution is -0.138. The summed E-state index contributed by atoms with van der Waals surface area (Å²) in [5.74, 6) is -1.05. The lowest BCUT2D eigenvalue weighted by Gasteiger charge is -2.20. The van der Waals surface area contributed by atoms with Crippen LogP contribution in [0.2, 0.25) is 0 Å². The van der Waals surface area contributed by atoms with Gasteiger partial charge in [-0.25, -0.2) is 4.98 Å². The van der Waals surface area contributed by atoms with Crippen LogP contribution < -0.4 is 10.6 Å².